The van der Waals surface area contributed by atoms with Crippen LogP contribution in [0.3, 0.4) is 0 Å². The standard InChI is InChI=1S/C17H20ClNO3.ClH/c1-4-17(2,3)19-10-12-6-8-15(22-12)13-9-11(16(20)21)5-7-14(13)18;/h5-9,19H,4,10H2,1-3H3,(H,20,21);1H. The molecule has 0 spiro atoms. The van der Waals surface area contributed by atoms with E-state index < -0.39 is 5.97 Å². The van der Waals surface area contributed by atoms with Crippen LogP contribution in [0, 0.1) is 0 Å². The van der Waals surface area contributed by atoms with Crippen molar-refractivity contribution in [2.75, 3.05) is 0 Å². The summed E-state index contributed by atoms with van der Waals surface area (Å²) in [4.78, 5) is 11.1. The first-order valence-corrected chi connectivity index (χ1v) is 7.57. The minimum Gasteiger partial charge on any atom is -0.478 e. The second-order valence-electron chi connectivity index (χ2n) is 5.86. The Balaban J connectivity index is 0.00000264. The number of carboxylic acid groups (broad SMARTS) is 1. The van der Waals surface area contributed by atoms with Crippen molar-refractivity contribution in [2.45, 2.75) is 39.3 Å². The van der Waals surface area contributed by atoms with Gasteiger partial charge < -0.3 is 14.8 Å². The normalized spacial score (nSPS) is 11.1. The molecule has 0 radical (unpaired) electrons. The van der Waals surface area contributed by atoms with Gasteiger partial charge in [-0.3, -0.25) is 0 Å². The van der Waals surface area contributed by atoms with E-state index in [1.165, 1.54) is 12.1 Å². The molecular formula is C17H21Cl2NO3. The molecule has 0 saturated carbocycles. The zero-order valence-electron chi connectivity index (χ0n) is 13.4. The maximum atomic E-state index is 11.1. The number of aromatic carboxylic acids is 1. The summed E-state index contributed by atoms with van der Waals surface area (Å²) in [5, 5.41) is 12.9. The smallest absolute Gasteiger partial charge is 0.335 e. The fourth-order valence-electron chi connectivity index (χ4n) is 1.92. The molecule has 126 valence electrons. The molecule has 0 aliphatic rings. The highest BCUT2D eigenvalue weighted by Gasteiger charge is 2.16. The largest absolute Gasteiger partial charge is 0.478 e. The lowest BCUT2D eigenvalue weighted by Crippen LogP contribution is -2.37. The van der Waals surface area contributed by atoms with Gasteiger partial charge in [0.05, 0.1) is 17.1 Å². The van der Waals surface area contributed by atoms with E-state index in [4.69, 9.17) is 21.1 Å². The molecule has 6 heteroatoms. The van der Waals surface area contributed by atoms with Crippen molar-refractivity contribution in [3.8, 4) is 11.3 Å². The van der Waals surface area contributed by atoms with Crippen molar-refractivity contribution in [3.63, 3.8) is 0 Å². The van der Waals surface area contributed by atoms with E-state index in [1.807, 2.05) is 12.1 Å². The Kier molecular flexibility index (Phi) is 6.69. The minimum atomic E-state index is -0.990. The van der Waals surface area contributed by atoms with Gasteiger partial charge in [0.25, 0.3) is 0 Å². The molecule has 1 aromatic heterocycles. The monoisotopic (exact) mass is 357 g/mol. The van der Waals surface area contributed by atoms with Gasteiger partial charge in [0.2, 0.25) is 0 Å². The van der Waals surface area contributed by atoms with E-state index in [0.717, 1.165) is 12.2 Å². The zero-order chi connectivity index (χ0) is 16.3. The molecule has 0 atom stereocenters. The van der Waals surface area contributed by atoms with E-state index in [9.17, 15) is 4.79 Å². The van der Waals surface area contributed by atoms with Crippen molar-refractivity contribution < 1.29 is 14.3 Å². The Labute approximate surface area is 147 Å². The molecule has 4 nitrogen and oxygen atoms in total. The molecule has 0 fully saturated rings. The molecule has 0 bridgehead atoms. The third-order valence-corrected chi connectivity index (χ3v) is 4.10. The topological polar surface area (TPSA) is 62.5 Å². The fourth-order valence-corrected chi connectivity index (χ4v) is 2.13. The summed E-state index contributed by atoms with van der Waals surface area (Å²) in [6, 6.07) is 8.25. The molecule has 0 unspecified atom stereocenters. The number of furan rings is 1. The van der Waals surface area contributed by atoms with Gasteiger partial charge in [0.1, 0.15) is 11.5 Å². The van der Waals surface area contributed by atoms with Crippen LogP contribution in [-0.4, -0.2) is 16.6 Å². The highest BCUT2D eigenvalue weighted by molar-refractivity contribution is 6.33. The van der Waals surface area contributed by atoms with Crippen molar-refractivity contribution in [2.24, 2.45) is 0 Å². The number of rotatable bonds is 6. The number of carboxylic acids is 1. The van der Waals surface area contributed by atoms with Crippen LogP contribution in [0.25, 0.3) is 11.3 Å². The molecule has 2 N–H and O–H groups in total. The van der Waals surface area contributed by atoms with Gasteiger partial charge in [-0.25, -0.2) is 4.79 Å². The van der Waals surface area contributed by atoms with Gasteiger partial charge in [0, 0.05) is 11.1 Å². The van der Waals surface area contributed by atoms with Crippen LogP contribution >= 0.6 is 24.0 Å². The summed E-state index contributed by atoms with van der Waals surface area (Å²) in [7, 11) is 0. The summed E-state index contributed by atoms with van der Waals surface area (Å²) >= 11 is 6.15. The predicted molar refractivity (Wildman–Crippen MR) is 94.6 cm³/mol. The van der Waals surface area contributed by atoms with Crippen LogP contribution in [-0.2, 0) is 6.54 Å². The molecular weight excluding hydrogens is 337 g/mol. The van der Waals surface area contributed by atoms with Crippen molar-refractivity contribution in [1.82, 2.24) is 5.32 Å². The van der Waals surface area contributed by atoms with Gasteiger partial charge in [-0.1, -0.05) is 18.5 Å². The molecule has 1 aromatic carbocycles. The SMILES string of the molecule is CCC(C)(C)NCc1ccc(-c2cc(C(=O)O)ccc2Cl)o1.Cl. The molecule has 0 amide bonds. The number of nitrogens with one attached hydrogen (secondary N) is 1. The zero-order valence-corrected chi connectivity index (χ0v) is 14.9. The molecule has 0 aliphatic carbocycles. The van der Waals surface area contributed by atoms with Gasteiger partial charge >= 0.3 is 5.97 Å². The number of hydrogen-bond acceptors (Lipinski definition) is 3. The lowest BCUT2D eigenvalue weighted by molar-refractivity contribution is 0.0697. The van der Waals surface area contributed by atoms with Gasteiger partial charge in [-0.05, 0) is 50.6 Å². The summed E-state index contributed by atoms with van der Waals surface area (Å²) < 4.78 is 5.79. The molecule has 0 aliphatic heterocycles. The molecule has 23 heavy (non-hydrogen) atoms. The third-order valence-electron chi connectivity index (χ3n) is 3.77. The average molecular weight is 358 g/mol. The molecule has 1 heterocycles. The maximum absolute atomic E-state index is 11.1. The van der Waals surface area contributed by atoms with Crippen molar-refractivity contribution >= 4 is 30.0 Å². The Morgan fingerprint density at radius 1 is 1.30 bits per heavy atom. The number of hydrogen-bond donors (Lipinski definition) is 2. The van der Waals surface area contributed by atoms with Crippen molar-refractivity contribution in [3.05, 3.63) is 46.7 Å². The van der Waals surface area contributed by atoms with Crippen LogP contribution in [0.4, 0.5) is 0 Å². The van der Waals surface area contributed by atoms with E-state index in [2.05, 4.69) is 26.1 Å². The first-order valence-electron chi connectivity index (χ1n) is 7.19. The number of benzene rings is 1. The van der Waals surface area contributed by atoms with E-state index >= 15 is 0 Å². The van der Waals surface area contributed by atoms with E-state index in [0.29, 0.717) is 22.9 Å². The third kappa shape index (κ3) is 4.99. The van der Waals surface area contributed by atoms with Crippen LogP contribution in [0.2, 0.25) is 5.02 Å². The first kappa shape index (κ1) is 19.6. The Hall–Kier alpha value is -1.49. The number of carbonyl (C=O) groups is 1. The van der Waals surface area contributed by atoms with Crippen LogP contribution in [0.5, 0.6) is 0 Å². The first-order chi connectivity index (χ1) is 10.3. The summed E-state index contributed by atoms with van der Waals surface area (Å²) in [5.74, 6) is 0.364. The van der Waals surface area contributed by atoms with E-state index in [-0.39, 0.29) is 23.5 Å². The maximum Gasteiger partial charge on any atom is 0.335 e. The highest BCUT2D eigenvalue weighted by atomic mass is 35.5. The molecule has 2 aromatic rings. The van der Waals surface area contributed by atoms with Gasteiger partial charge in [0.15, 0.2) is 0 Å². The van der Waals surface area contributed by atoms with Crippen molar-refractivity contribution in [1.29, 1.82) is 0 Å². The molecule has 0 saturated heterocycles. The van der Waals surface area contributed by atoms with Crippen LogP contribution < -0.4 is 5.32 Å². The van der Waals surface area contributed by atoms with E-state index in [1.54, 1.807) is 6.07 Å². The molecule has 2 rings (SSSR count). The Morgan fingerprint density at radius 3 is 2.61 bits per heavy atom. The lowest BCUT2D eigenvalue weighted by Gasteiger charge is -2.23. The Bertz CT molecular complexity index is 680. The fraction of sp³-hybridized carbons (Fsp3) is 0.353. The quantitative estimate of drug-likeness (QED) is 0.763. The number of halogens is 2. The van der Waals surface area contributed by atoms with Crippen LogP contribution in [0.15, 0.2) is 34.7 Å². The average Bonchev–Trinajstić information content (AvgIpc) is 2.94. The Morgan fingerprint density at radius 2 is 2.00 bits per heavy atom. The van der Waals surface area contributed by atoms with Gasteiger partial charge in [-0.2, -0.15) is 0 Å². The highest BCUT2D eigenvalue weighted by Crippen LogP contribution is 2.30. The lowest BCUT2D eigenvalue weighted by atomic mass is 10.0. The summed E-state index contributed by atoms with van der Waals surface area (Å²) in [6.07, 6.45) is 1.01. The van der Waals surface area contributed by atoms with Crippen LogP contribution in [0.1, 0.15) is 43.3 Å². The summed E-state index contributed by atoms with van der Waals surface area (Å²) in [6.45, 7) is 6.99. The second kappa shape index (κ2) is 7.86. The predicted octanol–water partition coefficient (Wildman–Crippen LogP) is 5.00. The minimum absolute atomic E-state index is 0. The second-order valence-corrected chi connectivity index (χ2v) is 6.26. The van der Waals surface area contributed by atoms with Gasteiger partial charge in [-0.15, -0.1) is 12.4 Å². The summed E-state index contributed by atoms with van der Waals surface area (Å²) in [5.41, 5.74) is 0.804.